The predicted molar refractivity (Wildman–Crippen MR) is 71.3 cm³/mol. The molecule has 0 aliphatic heterocycles. The molecule has 0 bridgehead atoms. The van der Waals surface area contributed by atoms with Gasteiger partial charge in [0.25, 0.3) is 0 Å². The summed E-state index contributed by atoms with van der Waals surface area (Å²) in [6.45, 7) is 3.82. The molecule has 0 spiro atoms. The van der Waals surface area contributed by atoms with Crippen LogP contribution >= 0.6 is 0 Å². The monoisotopic (exact) mass is 253 g/mol. The maximum absolute atomic E-state index is 5.66. The van der Waals surface area contributed by atoms with Crippen molar-refractivity contribution in [2.24, 2.45) is 5.73 Å². The number of nitrogens with two attached hydrogens (primary N) is 1. The first-order chi connectivity index (χ1) is 8.88. The molecule has 4 heteroatoms. The number of hydrogen-bond donors (Lipinski definition) is 1. The highest BCUT2D eigenvalue weighted by Crippen LogP contribution is 2.08. The van der Waals surface area contributed by atoms with Crippen molar-refractivity contribution in [3.63, 3.8) is 0 Å². The first-order valence-corrected chi connectivity index (χ1v) is 6.29. The summed E-state index contributed by atoms with van der Waals surface area (Å²) in [5.74, 6) is 0. The van der Waals surface area contributed by atoms with Crippen molar-refractivity contribution < 1.29 is 14.2 Å². The molecule has 1 aromatic carbocycles. The summed E-state index contributed by atoms with van der Waals surface area (Å²) in [6, 6.07) is 8.06. The summed E-state index contributed by atoms with van der Waals surface area (Å²) in [4.78, 5) is 0. The molecule has 0 aliphatic carbocycles. The van der Waals surface area contributed by atoms with Crippen LogP contribution in [-0.4, -0.2) is 33.5 Å². The zero-order valence-corrected chi connectivity index (χ0v) is 11.1. The Morgan fingerprint density at radius 3 is 2.39 bits per heavy atom. The van der Waals surface area contributed by atoms with Gasteiger partial charge < -0.3 is 19.9 Å². The minimum absolute atomic E-state index is 0.549. The number of methoxy groups -OCH3 is 1. The van der Waals surface area contributed by atoms with Gasteiger partial charge in [0.2, 0.25) is 0 Å². The Kier molecular flexibility index (Phi) is 8.42. The first-order valence-electron chi connectivity index (χ1n) is 6.29. The van der Waals surface area contributed by atoms with Crippen LogP contribution in [0.2, 0.25) is 0 Å². The van der Waals surface area contributed by atoms with Gasteiger partial charge in [0, 0.05) is 26.9 Å². The second-order valence-electron chi connectivity index (χ2n) is 3.98. The van der Waals surface area contributed by atoms with Gasteiger partial charge in [0.1, 0.15) is 0 Å². The average Bonchev–Trinajstić information content (AvgIpc) is 2.42. The molecule has 0 radical (unpaired) electrons. The molecule has 0 atom stereocenters. The normalized spacial score (nSPS) is 10.8. The third-order valence-corrected chi connectivity index (χ3v) is 2.61. The van der Waals surface area contributed by atoms with E-state index in [-0.39, 0.29) is 0 Å². The van der Waals surface area contributed by atoms with Gasteiger partial charge in [-0.2, -0.15) is 0 Å². The summed E-state index contributed by atoms with van der Waals surface area (Å²) in [5, 5.41) is 0. The van der Waals surface area contributed by atoms with E-state index in [0.717, 1.165) is 30.8 Å². The molecule has 0 saturated carbocycles. The topological polar surface area (TPSA) is 53.7 Å². The highest BCUT2D eigenvalue weighted by molar-refractivity contribution is 5.26. The van der Waals surface area contributed by atoms with Crippen LogP contribution in [0.15, 0.2) is 24.3 Å². The predicted octanol–water partition coefficient (Wildman–Crippen LogP) is 1.72. The van der Waals surface area contributed by atoms with E-state index in [9.17, 15) is 0 Å². The van der Waals surface area contributed by atoms with Gasteiger partial charge in [-0.3, -0.25) is 0 Å². The Hall–Kier alpha value is -0.940. The van der Waals surface area contributed by atoms with Crippen LogP contribution in [-0.2, 0) is 27.4 Å². The zero-order chi connectivity index (χ0) is 13.1. The minimum Gasteiger partial charge on any atom is -0.385 e. The molecule has 4 nitrogen and oxygen atoms in total. The standard InChI is InChI=1S/C14H23NO3/c1-16-7-4-8-17-9-10-18-12-14-6-3-2-5-13(14)11-15/h2-3,5-6H,4,7-12,15H2,1H3. The lowest BCUT2D eigenvalue weighted by Gasteiger charge is -2.09. The van der Waals surface area contributed by atoms with Crippen molar-refractivity contribution >= 4 is 0 Å². The molecule has 18 heavy (non-hydrogen) atoms. The quantitative estimate of drug-likeness (QED) is 0.645. The van der Waals surface area contributed by atoms with Gasteiger partial charge in [-0.1, -0.05) is 24.3 Å². The van der Waals surface area contributed by atoms with Crippen LogP contribution in [0.3, 0.4) is 0 Å². The lowest BCUT2D eigenvalue weighted by molar-refractivity contribution is 0.0335. The summed E-state index contributed by atoms with van der Waals surface area (Å²) in [7, 11) is 1.69. The van der Waals surface area contributed by atoms with Gasteiger partial charge in [-0.05, 0) is 17.5 Å². The lowest BCUT2D eigenvalue weighted by atomic mass is 10.1. The van der Waals surface area contributed by atoms with Crippen molar-refractivity contribution in [2.75, 3.05) is 33.5 Å². The fourth-order valence-corrected chi connectivity index (χ4v) is 1.60. The Bertz CT molecular complexity index is 318. The van der Waals surface area contributed by atoms with Gasteiger partial charge in [0.05, 0.1) is 19.8 Å². The third kappa shape index (κ3) is 6.12. The molecule has 0 unspecified atom stereocenters. The summed E-state index contributed by atoms with van der Waals surface area (Å²) in [6.07, 6.45) is 0.923. The summed E-state index contributed by atoms with van der Waals surface area (Å²) >= 11 is 0. The Balaban J connectivity index is 2.07. The second kappa shape index (κ2) is 10.0. The number of benzene rings is 1. The molecule has 0 amide bonds. The lowest BCUT2D eigenvalue weighted by Crippen LogP contribution is -2.08. The zero-order valence-electron chi connectivity index (χ0n) is 11.1. The van der Waals surface area contributed by atoms with E-state index in [1.54, 1.807) is 7.11 Å². The highest BCUT2D eigenvalue weighted by atomic mass is 16.5. The molecule has 0 saturated heterocycles. The van der Waals surface area contributed by atoms with Gasteiger partial charge in [0.15, 0.2) is 0 Å². The molecular weight excluding hydrogens is 230 g/mol. The summed E-state index contributed by atoms with van der Waals surface area (Å²) in [5.41, 5.74) is 7.95. The van der Waals surface area contributed by atoms with E-state index in [0.29, 0.717) is 26.4 Å². The fraction of sp³-hybridized carbons (Fsp3) is 0.571. The highest BCUT2D eigenvalue weighted by Gasteiger charge is 1.99. The molecule has 0 aromatic heterocycles. The molecule has 1 rings (SSSR count). The molecule has 0 heterocycles. The number of ether oxygens (including phenoxy) is 3. The van der Waals surface area contributed by atoms with Crippen LogP contribution in [0.5, 0.6) is 0 Å². The third-order valence-electron chi connectivity index (χ3n) is 2.61. The Morgan fingerprint density at radius 1 is 0.944 bits per heavy atom. The van der Waals surface area contributed by atoms with Crippen molar-refractivity contribution in [1.82, 2.24) is 0 Å². The van der Waals surface area contributed by atoms with Gasteiger partial charge in [-0.25, -0.2) is 0 Å². The van der Waals surface area contributed by atoms with Crippen molar-refractivity contribution in [3.05, 3.63) is 35.4 Å². The van der Waals surface area contributed by atoms with Crippen LogP contribution in [0.4, 0.5) is 0 Å². The molecular formula is C14H23NO3. The molecule has 1 aromatic rings. The Morgan fingerprint density at radius 2 is 1.67 bits per heavy atom. The minimum atomic E-state index is 0.549. The van der Waals surface area contributed by atoms with Crippen LogP contribution in [0.25, 0.3) is 0 Å². The molecule has 0 fully saturated rings. The maximum atomic E-state index is 5.66. The van der Waals surface area contributed by atoms with E-state index >= 15 is 0 Å². The summed E-state index contributed by atoms with van der Waals surface area (Å²) < 4.78 is 15.9. The first kappa shape index (κ1) is 15.1. The number of rotatable bonds is 10. The van der Waals surface area contributed by atoms with Gasteiger partial charge >= 0.3 is 0 Å². The van der Waals surface area contributed by atoms with E-state index in [1.165, 1.54) is 0 Å². The van der Waals surface area contributed by atoms with Crippen molar-refractivity contribution in [3.8, 4) is 0 Å². The Labute approximate surface area is 109 Å². The van der Waals surface area contributed by atoms with Crippen LogP contribution in [0, 0.1) is 0 Å². The van der Waals surface area contributed by atoms with E-state index in [4.69, 9.17) is 19.9 Å². The fourth-order valence-electron chi connectivity index (χ4n) is 1.60. The van der Waals surface area contributed by atoms with Crippen LogP contribution in [0.1, 0.15) is 17.5 Å². The molecule has 102 valence electrons. The molecule has 0 aliphatic rings. The maximum Gasteiger partial charge on any atom is 0.0721 e. The van der Waals surface area contributed by atoms with E-state index in [1.807, 2.05) is 24.3 Å². The van der Waals surface area contributed by atoms with Crippen molar-refractivity contribution in [2.45, 2.75) is 19.6 Å². The smallest absolute Gasteiger partial charge is 0.0721 e. The van der Waals surface area contributed by atoms with Crippen LogP contribution < -0.4 is 5.73 Å². The molecule has 2 N–H and O–H groups in total. The van der Waals surface area contributed by atoms with E-state index < -0.39 is 0 Å². The van der Waals surface area contributed by atoms with Crippen molar-refractivity contribution in [1.29, 1.82) is 0 Å². The van der Waals surface area contributed by atoms with E-state index in [2.05, 4.69) is 0 Å². The average molecular weight is 253 g/mol. The SMILES string of the molecule is COCCCOCCOCc1ccccc1CN. The second-order valence-corrected chi connectivity index (χ2v) is 3.98. The largest absolute Gasteiger partial charge is 0.385 e. The number of hydrogen-bond acceptors (Lipinski definition) is 4. The van der Waals surface area contributed by atoms with Gasteiger partial charge in [-0.15, -0.1) is 0 Å².